The van der Waals surface area contributed by atoms with E-state index in [0.29, 0.717) is 0 Å². The van der Waals surface area contributed by atoms with Crippen LogP contribution in [0, 0.1) is 5.41 Å². The molecule has 0 unspecified atom stereocenters. The average Bonchev–Trinajstić information content (AvgIpc) is 2.46. The Morgan fingerprint density at radius 2 is 2.00 bits per heavy atom. The van der Waals surface area contributed by atoms with Crippen LogP contribution in [0.5, 0.6) is 0 Å². The molecule has 0 saturated heterocycles. The van der Waals surface area contributed by atoms with Gasteiger partial charge in [-0.15, -0.1) is 0 Å². The first-order valence-corrected chi connectivity index (χ1v) is 7.05. The fraction of sp³-hybridized carbons (Fsp3) is 0.294. The van der Waals surface area contributed by atoms with Crippen LogP contribution < -0.4 is 0 Å². The number of hydrogen-bond donors (Lipinski definition) is 0. The van der Waals surface area contributed by atoms with Crippen molar-refractivity contribution >= 4 is 17.9 Å². The van der Waals surface area contributed by atoms with Crippen LogP contribution in [0.15, 0.2) is 42.7 Å². The Labute approximate surface area is 124 Å². The molecule has 0 fully saturated rings. The number of carbonyl (C=O) groups excluding carboxylic acids is 1. The molecule has 3 heteroatoms. The third-order valence-electron chi connectivity index (χ3n) is 3.36. The Morgan fingerprint density at radius 3 is 2.70 bits per heavy atom. The fourth-order valence-corrected chi connectivity index (χ4v) is 2.24. The lowest BCUT2D eigenvalue weighted by atomic mass is 9.88. The summed E-state index contributed by atoms with van der Waals surface area (Å²) in [6.45, 7) is 3.90. The second-order valence-electron chi connectivity index (χ2n) is 5.67. The standard InChI is InChI=1S/C17H18ClNO/c1-17(2,12-20)8-7-13-9-14(11-19-10-13)15-5-3-4-6-16(15)18/h3-6,9-12H,7-8H2,1-2H3. The number of rotatable bonds is 5. The van der Waals surface area contributed by atoms with Crippen LogP contribution in [-0.2, 0) is 11.2 Å². The van der Waals surface area contributed by atoms with Crippen LogP contribution in [0.3, 0.4) is 0 Å². The van der Waals surface area contributed by atoms with Gasteiger partial charge in [0.1, 0.15) is 6.29 Å². The van der Waals surface area contributed by atoms with E-state index in [1.807, 2.05) is 50.5 Å². The van der Waals surface area contributed by atoms with Crippen molar-refractivity contribution in [1.29, 1.82) is 0 Å². The van der Waals surface area contributed by atoms with Crippen molar-refractivity contribution in [3.05, 3.63) is 53.3 Å². The molecule has 0 radical (unpaired) electrons. The first kappa shape index (κ1) is 14.7. The van der Waals surface area contributed by atoms with Crippen molar-refractivity contribution < 1.29 is 4.79 Å². The molecule has 0 spiro atoms. The third-order valence-corrected chi connectivity index (χ3v) is 3.69. The van der Waals surface area contributed by atoms with Crippen molar-refractivity contribution in [1.82, 2.24) is 4.98 Å². The lowest BCUT2D eigenvalue weighted by Crippen LogP contribution is -2.13. The first-order valence-electron chi connectivity index (χ1n) is 6.67. The van der Waals surface area contributed by atoms with Crippen LogP contribution >= 0.6 is 11.6 Å². The molecule has 1 heterocycles. The molecule has 1 aromatic heterocycles. The van der Waals surface area contributed by atoms with Gasteiger partial charge in [-0.2, -0.15) is 0 Å². The highest BCUT2D eigenvalue weighted by atomic mass is 35.5. The number of aromatic nitrogens is 1. The molecule has 2 aromatic rings. The monoisotopic (exact) mass is 287 g/mol. The van der Waals surface area contributed by atoms with Crippen molar-refractivity contribution in [2.24, 2.45) is 5.41 Å². The lowest BCUT2D eigenvalue weighted by molar-refractivity contribution is -0.114. The summed E-state index contributed by atoms with van der Waals surface area (Å²) in [4.78, 5) is 15.2. The molecular formula is C17H18ClNO. The Bertz CT molecular complexity index is 607. The quantitative estimate of drug-likeness (QED) is 0.755. The minimum Gasteiger partial charge on any atom is -0.303 e. The van der Waals surface area contributed by atoms with Gasteiger partial charge in [-0.3, -0.25) is 4.98 Å². The van der Waals surface area contributed by atoms with Gasteiger partial charge < -0.3 is 4.79 Å². The van der Waals surface area contributed by atoms with Gasteiger partial charge >= 0.3 is 0 Å². The average molecular weight is 288 g/mol. The SMILES string of the molecule is CC(C)(C=O)CCc1cncc(-c2ccccc2Cl)c1. The van der Waals surface area contributed by atoms with Crippen LogP contribution in [0.2, 0.25) is 5.02 Å². The maximum absolute atomic E-state index is 10.9. The largest absolute Gasteiger partial charge is 0.303 e. The summed E-state index contributed by atoms with van der Waals surface area (Å²) in [5, 5.41) is 0.722. The Morgan fingerprint density at radius 1 is 1.25 bits per heavy atom. The van der Waals surface area contributed by atoms with E-state index in [1.54, 1.807) is 0 Å². The van der Waals surface area contributed by atoms with Gasteiger partial charge in [-0.25, -0.2) is 0 Å². The van der Waals surface area contributed by atoms with Crippen LogP contribution in [0.25, 0.3) is 11.1 Å². The zero-order valence-electron chi connectivity index (χ0n) is 11.8. The smallest absolute Gasteiger partial charge is 0.125 e. The normalized spacial score (nSPS) is 11.3. The molecule has 0 amide bonds. The zero-order valence-corrected chi connectivity index (χ0v) is 12.5. The van der Waals surface area contributed by atoms with Crippen LogP contribution in [-0.4, -0.2) is 11.3 Å². The van der Waals surface area contributed by atoms with E-state index in [1.165, 1.54) is 0 Å². The Kier molecular flexibility index (Phi) is 4.56. The number of carbonyl (C=O) groups is 1. The van der Waals surface area contributed by atoms with Gasteiger partial charge in [0.2, 0.25) is 0 Å². The topological polar surface area (TPSA) is 30.0 Å². The molecule has 0 N–H and O–H groups in total. The molecule has 20 heavy (non-hydrogen) atoms. The minimum atomic E-state index is -0.291. The summed E-state index contributed by atoms with van der Waals surface area (Å²) in [5.41, 5.74) is 2.83. The number of pyridine rings is 1. The number of aryl methyl sites for hydroxylation is 1. The summed E-state index contributed by atoms with van der Waals surface area (Å²) >= 11 is 6.21. The summed E-state index contributed by atoms with van der Waals surface area (Å²) in [5.74, 6) is 0. The van der Waals surface area contributed by atoms with Crippen molar-refractivity contribution in [2.75, 3.05) is 0 Å². The van der Waals surface area contributed by atoms with E-state index in [4.69, 9.17) is 11.6 Å². The van der Waals surface area contributed by atoms with Gasteiger partial charge in [0.15, 0.2) is 0 Å². The van der Waals surface area contributed by atoms with Crippen molar-refractivity contribution in [3.63, 3.8) is 0 Å². The van der Waals surface area contributed by atoms with E-state index in [2.05, 4.69) is 11.1 Å². The highest BCUT2D eigenvalue weighted by Crippen LogP contribution is 2.28. The van der Waals surface area contributed by atoms with Crippen LogP contribution in [0.4, 0.5) is 0 Å². The Hall–Kier alpha value is -1.67. The molecule has 104 valence electrons. The second-order valence-corrected chi connectivity index (χ2v) is 6.08. The fourth-order valence-electron chi connectivity index (χ4n) is 1.99. The molecule has 1 aromatic carbocycles. The minimum absolute atomic E-state index is 0.291. The van der Waals surface area contributed by atoms with Gasteiger partial charge in [-0.05, 0) is 30.5 Å². The highest BCUT2D eigenvalue weighted by Gasteiger charge is 2.16. The van der Waals surface area contributed by atoms with E-state index < -0.39 is 0 Å². The van der Waals surface area contributed by atoms with E-state index >= 15 is 0 Å². The lowest BCUT2D eigenvalue weighted by Gasteiger charge is -2.16. The predicted octanol–water partition coefficient (Wildman–Crippen LogP) is 4.56. The summed E-state index contributed by atoms with van der Waals surface area (Å²) in [6.07, 6.45) is 6.32. The van der Waals surface area contributed by atoms with Crippen molar-refractivity contribution in [2.45, 2.75) is 26.7 Å². The molecule has 2 rings (SSSR count). The molecule has 0 atom stereocenters. The molecule has 0 bridgehead atoms. The molecule has 0 aliphatic carbocycles. The second kappa shape index (κ2) is 6.19. The Balaban J connectivity index is 2.21. The first-order chi connectivity index (χ1) is 9.52. The van der Waals surface area contributed by atoms with E-state index in [-0.39, 0.29) is 5.41 Å². The molecular weight excluding hydrogens is 270 g/mol. The maximum Gasteiger partial charge on any atom is 0.125 e. The number of aldehydes is 1. The van der Waals surface area contributed by atoms with Crippen LogP contribution in [0.1, 0.15) is 25.8 Å². The maximum atomic E-state index is 10.9. The van der Waals surface area contributed by atoms with Gasteiger partial charge in [0.25, 0.3) is 0 Å². The summed E-state index contributed by atoms with van der Waals surface area (Å²) in [6, 6.07) is 9.83. The summed E-state index contributed by atoms with van der Waals surface area (Å²) < 4.78 is 0. The van der Waals surface area contributed by atoms with Gasteiger partial charge in [0.05, 0.1) is 0 Å². The predicted molar refractivity (Wildman–Crippen MR) is 82.8 cm³/mol. The molecule has 0 aliphatic heterocycles. The van der Waals surface area contributed by atoms with E-state index in [9.17, 15) is 4.79 Å². The molecule has 2 nitrogen and oxygen atoms in total. The molecule has 0 aliphatic rings. The summed E-state index contributed by atoms with van der Waals surface area (Å²) in [7, 11) is 0. The highest BCUT2D eigenvalue weighted by molar-refractivity contribution is 6.33. The van der Waals surface area contributed by atoms with Gasteiger partial charge in [-0.1, -0.05) is 43.6 Å². The number of hydrogen-bond acceptors (Lipinski definition) is 2. The van der Waals surface area contributed by atoms with Crippen molar-refractivity contribution in [3.8, 4) is 11.1 Å². The third kappa shape index (κ3) is 3.67. The number of halogens is 1. The molecule has 0 saturated carbocycles. The number of nitrogens with zero attached hydrogens (tertiary/aromatic N) is 1. The van der Waals surface area contributed by atoms with Gasteiger partial charge in [0, 0.05) is 34.0 Å². The number of benzene rings is 1. The van der Waals surface area contributed by atoms with E-state index in [0.717, 1.165) is 40.8 Å². The zero-order chi connectivity index (χ0) is 14.6.